The van der Waals surface area contributed by atoms with E-state index >= 15 is 0 Å². The highest BCUT2D eigenvalue weighted by molar-refractivity contribution is 9.10. The second kappa shape index (κ2) is 6.91. The summed E-state index contributed by atoms with van der Waals surface area (Å²) >= 11 is 3.57. The van der Waals surface area contributed by atoms with Crippen molar-refractivity contribution in [1.29, 1.82) is 0 Å². The van der Waals surface area contributed by atoms with Crippen molar-refractivity contribution in [3.63, 3.8) is 0 Å². The summed E-state index contributed by atoms with van der Waals surface area (Å²) in [5.41, 5.74) is 1.02. The molecule has 1 heterocycles. The molecule has 0 aliphatic rings. The van der Waals surface area contributed by atoms with Gasteiger partial charge in [-0.05, 0) is 28.3 Å². The van der Waals surface area contributed by atoms with Gasteiger partial charge in [0.05, 0.1) is 10.2 Å². The van der Waals surface area contributed by atoms with Crippen molar-refractivity contribution in [1.82, 2.24) is 9.97 Å². The van der Waals surface area contributed by atoms with Gasteiger partial charge in [0, 0.05) is 13.7 Å². The quantitative estimate of drug-likeness (QED) is 0.875. The predicted molar refractivity (Wildman–Crippen MR) is 73.3 cm³/mol. The Labute approximate surface area is 111 Å². The van der Waals surface area contributed by atoms with Gasteiger partial charge >= 0.3 is 0 Å². The van der Waals surface area contributed by atoms with E-state index in [2.05, 4.69) is 52.0 Å². The SMILES string of the molecule is CCCNc1nc(COC)nc(C(C)C)c1Br. The molecule has 0 unspecified atom stereocenters. The maximum Gasteiger partial charge on any atom is 0.156 e. The Kier molecular flexibility index (Phi) is 5.85. The number of aromatic nitrogens is 2. The fourth-order valence-corrected chi connectivity index (χ4v) is 2.22. The Morgan fingerprint density at radius 1 is 1.35 bits per heavy atom. The molecule has 0 spiro atoms. The molecule has 1 rings (SSSR count). The molecule has 0 saturated carbocycles. The van der Waals surface area contributed by atoms with E-state index in [1.165, 1.54) is 0 Å². The van der Waals surface area contributed by atoms with Crippen molar-refractivity contribution >= 4 is 21.7 Å². The lowest BCUT2D eigenvalue weighted by Gasteiger charge is -2.14. The van der Waals surface area contributed by atoms with Crippen LogP contribution in [0, 0.1) is 0 Å². The van der Waals surface area contributed by atoms with E-state index in [1.54, 1.807) is 7.11 Å². The summed E-state index contributed by atoms with van der Waals surface area (Å²) in [6, 6.07) is 0. The fourth-order valence-electron chi connectivity index (χ4n) is 1.45. The van der Waals surface area contributed by atoms with Crippen molar-refractivity contribution in [2.24, 2.45) is 0 Å². The lowest BCUT2D eigenvalue weighted by atomic mass is 10.1. The Morgan fingerprint density at radius 3 is 2.59 bits per heavy atom. The molecule has 1 aromatic heterocycles. The van der Waals surface area contributed by atoms with Crippen molar-refractivity contribution in [3.05, 3.63) is 16.0 Å². The van der Waals surface area contributed by atoms with Gasteiger partial charge in [0.25, 0.3) is 0 Å². The van der Waals surface area contributed by atoms with Crippen LogP contribution in [0.3, 0.4) is 0 Å². The molecule has 0 radical (unpaired) electrons. The van der Waals surface area contributed by atoms with Gasteiger partial charge in [-0.1, -0.05) is 20.8 Å². The van der Waals surface area contributed by atoms with Crippen molar-refractivity contribution < 1.29 is 4.74 Å². The van der Waals surface area contributed by atoms with Gasteiger partial charge in [-0.2, -0.15) is 0 Å². The van der Waals surface area contributed by atoms with Crippen LogP contribution in [0.2, 0.25) is 0 Å². The first-order chi connectivity index (χ1) is 8.10. The molecule has 0 aliphatic carbocycles. The van der Waals surface area contributed by atoms with Gasteiger partial charge in [-0.15, -0.1) is 0 Å². The number of nitrogens with zero attached hydrogens (tertiary/aromatic N) is 2. The van der Waals surface area contributed by atoms with Gasteiger partial charge in [0.1, 0.15) is 12.4 Å². The first kappa shape index (κ1) is 14.4. The van der Waals surface area contributed by atoms with E-state index in [4.69, 9.17) is 4.74 Å². The second-order valence-corrected chi connectivity index (χ2v) is 5.00. The number of anilines is 1. The van der Waals surface area contributed by atoms with Gasteiger partial charge < -0.3 is 10.1 Å². The smallest absolute Gasteiger partial charge is 0.156 e. The highest BCUT2D eigenvalue weighted by Crippen LogP contribution is 2.28. The molecule has 96 valence electrons. The molecule has 17 heavy (non-hydrogen) atoms. The summed E-state index contributed by atoms with van der Waals surface area (Å²) in [4.78, 5) is 8.96. The molecule has 0 aromatic carbocycles. The van der Waals surface area contributed by atoms with E-state index in [9.17, 15) is 0 Å². The largest absolute Gasteiger partial charge is 0.377 e. The molecule has 0 amide bonds. The normalized spacial score (nSPS) is 10.9. The maximum absolute atomic E-state index is 5.09. The molecular weight excluding hydrogens is 282 g/mol. The molecule has 0 aliphatic heterocycles. The number of hydrogen-bond acceptors (Lipinski definition) is 4. The fraction of sp³-hybridized carbons (Fsp3) is 0.667. The zero-order chi connectivity index (χ0) is 12.8. The van der Waals surface area contributed by atoms with E-state index < -0.39 is 0 Å². The van der Waals surface area contributed by atoms with Crippen LogP contribution in [0.4, 0.5) is 5.82 Å². The van der Waals surface area contributed by atoms with Crippen LogP contribution in [-0.2, 0) is 11.3 Å². The lowest BCUT2D eigenvalue weighted by molar-refractivity contribution is 0.177. The summed E-state index contributed by atoms with van der Waals surface area (Å²) in [6.45, 7) is 7.70. The number of ether oxygens (including phenoxy) is 1. The van der Waals surface area contributed by atoms with Crippen LogP contribution < -0.4 is 5.32 Å². The third-order valence-electron chi connectivity index (χ3n) is 2.29. The lowest BCUT2D eigenvalue weighted by Crippen LogP contribution is -2.10. The third kappa shape index (κ3) is 3.92. The first-order valence-corrected chi connectivity index (χ1v) is 6.68. The predicted octanol–water partition coefficient (Wildman–Crippen LogP) is 3.33. The minimum Gasteiger partial charge on any atom is -0.377 e. The zero-order valence-corrected chi connectivity index (χ0v) is 12.5. The number of halogens is 1. The molecule has 4 nitrogen and oxygen atoms in total. The highest BCUT2D eigenvalue weighted by atomic mass is 79.9. The molecule has 1 aromatic rings. The van der Waals surface area contributed by atoms with Gasteiger partial charge in [0.2, 0.25) is 0 Å². The van der Waals surface area contributed by atoms with Crippen LogP contribution >= 0.6 is 15.9 Å². The summed E-state index contributed by atoms with van der Waals surface area (Å²) in [5.74, 6) is 1.93. The second-order valence-electron chi connectivity index (χ2n) is 4.20. The number of hydrogen-bond donors (Lipinski definition) is 1. The van der Waals surface area contributed by atoms with Crippen LogP contribution in [0.1, 0.15) is 44.6 Å². The van der Waals surface area contributed by atoms with E-state index in [0.717, 1.165) is 34.8 Å². The van der Waals surface area contributed by atoms with Crippen molar-refractivity contribution in [2.75, 3.05) is 19.0 Å². The van der Waals surface area contributed by atoms with Crippen molar-refractivity contribution in [2.45, 2.75) is 39.7 Å². The number of methoxy groups -OCH3 is 1. The Morgan fingerprint density at radius 2 is 2.06 bits per heavy atom. The Hall–Kier alpha value is -0.680. The molecule has 0 fully saturated rings. The monoisotopic (exact) mass is 301 g/mol. The molecule has 1 N–H and O–H groups in total. The number of rotatable bonds is 6. The standard InChI is InChI=1S/C12H20BrN3O/c1-5-6-14-12-10(13)11(8(2)3)15-9(16-12)7-17-4/h8H,5-7H2,1-4H3,(H,14,15,16). The van der Waals surface area contributed by atoms with E-state index in [-0.39, 0.29) is 0 Å². The van der Waals surface area contributed by atoms with Crippen LogP contribution in [0.25, 0.3) is 0 Å². The van der Waals surface area contributed by atoms with Crippen LogP contribution in [-0.4, -0.2) is 23.6 Å². The minimum atomic E-state index is 0.352. The minimum absolute atomic E-state index is 0.352. The first-order valence-electron chi connectivity index (χ1n) is 5.89. The van der Waals surface area contributed by atoms with E-state index in [1.807, 2.05) is 0 Å². The Bertz CT molecular complexity index is 369. The molecule has 0 bridgehead atoms. The average Bonchev–Trinajstić information content (AvgIpc) is 2.29. The summed E-state index contributed by atoms with van der Waals surface area (Å²) in [5, 5.41) is 3.30. The highest BCUT2D eigenvalue weighted by Gasteiger charge is 2.14. The molecule has 0 atom stereocenters. The molecule has 0 saturated heterocycles. The third-order valence-corrected chi connectivity index (χ3v) is 3.07. The summed E-state index contributed by atoms with van der Waals surface area (Å²) in [6.07, 6.45) is 1.06. The van der Waals surface area contributed by atoms with Crippen LogP contribution in [0.15, 0.2) is 4.47 Å². The molecule has 5 heteroatoms. The van der Waals surface area contributed by atoms with Gasteiger partial charge in [-0.25, -0.2) is 9.97 Å². The summed E-state index contributed by atoms with van der Waals surface area (Å²) < 4.78 is 6.05. The van der Waals surface area contributed by atoms with E-state index in [0.29, 0.717) is 12.5 Å². The topological polar surface area (TPSA) is 47.0 Å². The zero-order valence-electron chi connectivity index (χ0n) is 10.9. The van der Waals surface area contributed by atoms with Crippen molar-refractivity contribution in [3.8, 4) is 0 Å². The average molecular weight is 302 g/mol. The van der Waals surface area contributed by atoms with Gasteiger partial charge in [0.15, 0.2) is 5.82 Å². The van der Waals surface area contributed by atoms with Gasteiger partial charge in [-0.3, -0.25) is 0 Å². The Balaban J connectivity index is 3.08. The van der Waals surface area contributed by atoms with Crippen LogP contribution in [0.5, 0.6) is 0 Å². The number of nitrogens with one attached hydrogen (secondary N) is 1. The summed E-state index contributed by atoms with van der Waals surface area (Å²) in [7, 11) is 1.65. The molecular formula is C12H20BrN3O. The maximum atomic E-state index is 5.09.